The summed E-state index contributed by atoms with van der Waals surface area (Å²) in [5, 5.41) is 0. The van der Waals surface area contributed by atoms with Gasteiger partial charge < -0.3 is 5.73 Å². The molecule has 1 heteroatoms. The molecular formula is C11H23N. The van der Waals surface area contributed by atoms with Gasteiger partial charge in [-0.05, 0) is 18.4 Å². The van der Waals surface area contributed by atoms with E-state index in [1.54, 1.807) is 0 Å². The Morgan fingerprint density at radius 2 is 1.58 bits per heavy atom. The second kappa shape index (κ2) is 5.58. The van der Waals surface area contributed by atoms with E-state index in [-0.39, 0.29) is 0 Å². The molecular weight excluding hydrogens is 146 g/mol. The van der Waals surface area contributed by atoms with Crippen molar-refractivity contribution in [2.75, 3.05) is 6.54 Å². The average molecular weight is 169 g/mol. The van der Waals surface area contributed by atoms with E-state index in [1.165, 1.54) is 44.9 Å². The van der Waals surface area contributed by atoms with Crippen LogP contribution >= 0.6 is 0 Å². The first kappa shape index (κ1) is 10.0. The van der Waals surface area contributed by atoms with Crippen LogP contribution in [0.1, 0.15) is 51.9 Å². The second-order valence-electron chi connectivity index (χ2n) is 4.32. The fourth-order valence-corrected chi connectivity index (χ4v) is 2.25. The molecule has 1 unspecified atom stereocenters. The highest BCUT2D eigenvalue weighted by Crippen LogP contribution is 2.27. The summed E-state index contributed by atoms with van der Waals surface area (Å²) in [6.45, 7) is 3.19. The smallest absolute Gasteiger partial charge is 0.00489 e. The third kappa shape index (κ3) is 3.14. The van der Waals surface area contributed by atoms with Gasteiger partial charge >= 0.3 is 0 Å². The molecule has 0 aromatic carbocycles. The van der Waals surface area contributed by atoms with E-state index in [9.17, 15) is 0 Å². The zero-order valence-corrected chi connectivity index (χ0v) is 8.39. The number of nitrogens with two attached hydrogens (primary N) is 1. The molecule has 1 rings (SSSR count). The fraction of sp³-hybridized carbons (Fsp3) is 1.00. The summed E-state index contributed by atoms with van der Waals surface area (Å²) in [4.78, 5) is 0. The minimum atomic E-state index is 0.753. The van der Waals surface area contributed by atoms with Gasteiger partial charge in [0.1, 0.15) is 0 Å². The molecule has 12 heavy (non-hydrogen) atoms. The lowest BCUT2D eigenvalue weighted by Gasteiger charge is -2.24. The SMILES string of the molecule is CC(CN)C1CCCCCCC1. The molecule has 0 aromatic rings. The normalized spacial score (nSPS) is 24.5. The lowest BCUT2D eigenvalue weighted by Crippen LogP contribution is -2.21. The maximum absolute atomic E-state index is 5.69. The van der Waals surface area contributed by atoms with Crippen molar-refractivity contribution in [1.29, 1.82) is 0 Å². The first-order valence-electron chi connectivity index (χ1n) is 5.54. The highest BCUT2D eigenvalue weighted by atomic mass is 14.5. The molecule has 1 aliphatic carbocycles. The molecule has 0 saturated heterocycles. The van der Waals surface area contributed by atoms with Crippen LogP contribution in [-0.2, 0) is 0 Å². The van der Waals surface area contributed by atoms with Gasteiger partial charge in [-0.2, -0.15) is 0 Å². The van der Waals surface area contributed by atoms with Crippen LogP contribution in [0, 0.1) is 11.8 Å². The van der Waals surface area contributed by atoms with Gasteiger partial charge in [0.05, 0.1) is 0 Å². The van der Waals surface area contributed by atoms with Crippen LogP contribution < -0.4 is 5.73 Å². The van der Waals surface area contributed by atoms with E-state index in [0.29, 0.717) is 0 Å². The zero-order valence-electron chi connectivity index (χ0n) is 8.39. The highest BCUT2D eigenvalue weighted by molar-refractivity contribution is 4.69. The lowest BCUT2D eigenvalue weighted by atomic mass is 9.83. The Balaban J connectivity index is 2.29. The number of rotatable bonds is 2. The van der Waals surface area contributed by atoms with Crippen molar-refractivity contribution < 1.29 is 0 Å². The van der Waals surface area contributed by atoms with Crippen LogP contribution in [0.25, 0.3) is 0 Å². The van der Waals surface area contributed by atoms with E-state index in [2.05, 4.69) is 6.92 Å². The Morgan fingerprint density at radius 3 is 2.08 bits per heavy atom. The fourth-order valence-electron chi connectivity index (χ4n) is 2.25. The van der Waals surface area contributed by atoms with Crippen LogP contribution in [0.15, 0.2) is 0 Å². The van der Waals surface area contributed by atoms with Crippen molar-refractivity contribution in [2.24, 2.45) is 17.6 Å². The molecule has 0 radical (unpaired) electrons. The lowest BCUT2D eigenvalue weighted by molar-refractivity contribution is 0.286. The minimum absolute atomic E-state index is 0.753. The Kier molecular flexibility index (Phi) is 4.67. The summed E-state index contributed by atoms with van der Waals surface area (Å²) in [5.74, 6) is 1.68. The van der Waals surface area contributed by atoms with Crippen molar-refractivity contribution in [3.63, 3.8) is 0 Å². The summed E-state index contributed by atoms with van der Waals surface area (Å²) >= 11 is 0. The van der Waals surface area contributed by atoms with Gasteiger partial charge in [-0.25, -0.2) is 0 Å². The Morgan fingerprint density at radius 1 is 1.08 bits per heavy atom. The molecule has 0 spiro atoms. The Bertz CT molecular complexity index is 104. The van der Waals surface area contributed by atoms with Crippen molar-refractivity contribution in [2.45, 2.75) is 51.9 Å². The number of hydrogen-bond donors (Lipinski definition) is 1. The van der Waals surface area contributed by atoms with Crippen molar-refractivity contribution in [3.05, 3.63) is 0 Å². The molecule has 2 N–H and O–H groups in total. The summed E-state index contributed by atoms with van der Waals surface area (Å²) in [6, 6.07) is 0. The largest absolute Gasteiger partial charge is 0.330 e. The Labute approximate surface area is 76.7 Å². The van der Waals surface area contributed by atoms with Crippen molar-refractivity contribution in [3.8, 4) is 0 Å². The van der Waals surface area contributed by atoms with Crippen molar-refractivity contribution >= 4 is 0 Å². The van der Waals surface area contributed by atoms with E-state index >= 15 is 0 Å². The third-order valence-corrected chi connectivity index (χ3v) is 3.33. The molecule has 1 fully saturated rings. The first-order valence-corrected chi connectivity index (χ1v) is 5.54. The minimum Gasteiger partial charge on any atom is -0.330 e. The van der Waals surface area contributed by atoms with Crippen LogP contribution in [0.4, 0.5) is 0 Å². The van der Waals surface area contributed by atoms with E-state index in [4.69, 9.17) is 5.73 Å². The van der Waals surface area contributed by atoms with Crippen molar-refractivity contribution in [1.82, 2.24) is 0 Å². The molecule has 0 amide bonds. The van der Waals surface area contributed by atoms with Gasteiger partial charge in [-0.1, -0.05) is 51.9 Å². The predicted molar refractivity (Wildman–Crippen MR) is 54.0 cm³/mol. The zero-order chi connectivity index (χ0) is 8.81. The van der Waals surface area contributed by atoms with Crippen LogP contribution in [0.5, 0.6) is 0 Å². The van der Waals surface area contributed by atoms with Crippen LogP contribution in [0.2, 0.25) is 0 Å². The maximum Gasteiger partial charge on any atom is -0.00489 e. The highest BCUT2D eigenvalue weighted by Gasteiger charge is 2.16. The maximum atomic E-state index is 5.69. The second-order valence-corrected chi connectivity index (χ2v) is 4.32. The molecule has 1 atom stereocenters. The Hall–Kier alpha value is -0.0400. The summed E-state index contributed by atoms with van der Waals surface area (Å²) in [5.41, 5.74) is 5.69. The van der Waals surface area contributed by atoms with Gasteiger partial charge in [0.15, 0.2) is 0 Å². The summed E-state index contributed by atoms with van der Waals surface area (Å²) in [6.07, 6.45) is 10.1. The van der Waals surface area contributed by atoms with Gasteiger partial charge in [-0.3, -0.25) is 0 Å². The van der Waals surface area contributed by atoms with Gasteiger partial charge in [0, 0.05) is 0 Å². The molecule has 0 bridgehead atoms. The van der Waals surface area contributed by atoms with Crippen LogP contribution in [0.3, 0.4) is 0 Å². The first-order chi connectivity index (χ1) is 5.84. The molecule has 1 aliphatic rings. The van der Waals surface area contributed by atoms with E-state index < -0.39 is 0 Å². The average Bonchev–Trinajstić information content (AvgIpc) is 2.02. The van der Waals surface area contributed by atoms with Gasteiger partial charge in [-0.15, -0.1) is 0 Å². The molecule has 0 heterocycles. The van der Waals surface area contributed by atoms with Gasteiger partial charge in [0.2, 0.25) is 0 Å². The summed E-state index contributed by atoms with van der Waals surface area (Å²) < 4.78 is 0. The standard InChI is InChI=1S/C11H23N/c1-10(9-12)11-7-5-3-2-4-6-8-11/h10-11H,2-9,12H2,1H3. The van der Waals surface area contributed by atoms with E-state index in [0.717, 1.165) is 18.4 Å². The summed E-state index contributed by atoms with van der Waals surface area (Å²) in [7, 11) is 0. The topological polar surface area (TPSA) is 26.0 Å². The van der Waals surface area contributed by atoms with Crippen LogP contribution in [-0.4, -0.2) is 6.54 Å². The third-order valence-electron chi connectivity index (χ3n) is 3.33. The predicted octanol–water partition coefficient (Wildman–Crippen LogP) is 2.94. The molecule has 0 aromatic heterocycles. The molecule has 72 valence electrons. The molecule has 0 aliphatic heterocycles. The van der Waals surface area contributed by atoms with E-state index in [1.807, 2.05) is 0 Å². The monoisotopic (exact) mass is 169 g/mol. The quantitative estimate of drug-likeness (QED) is 0.675. The van der Waals surface area contributed by atoms with Gasteiger partial charge in [0.25, 0.3) is 0 Å². The molecule has 1 nitrogen and oxygen atoms in total. The molecule has 1 saturated carbocycles. The number of hydrogen-bond acceptors (Lipinski definition) is 1.